The van der Waals surface area contributed by atoms with Gasteiger partial charge in [0.15, 0.2) is 5.96 Å². The molecule has 6 heteroatoms. The van der Waals surface area contributed by atoms with E-state index in [1.54, 1.807) is 7.11 Å². The van der Waals surface area contributed by atoms with Gasteiger partial charge in [-0.2, -0.15) is 0 Å². The van der Waals surface area contributed by atoms with Gasteiger partial charge in [-0.1, -0.05) is 24.3 Å². The summed E-state index contributed by atoms with van der Waals surface area (Å²) in [6.45, 7) is 10.9. The highest BCUT2D eigenvalue weighted by molar-refractivity contribution is 14.0. The third kappa shape index (κ3) is 7.11. The molecule has 2 atom stereocenters. The average molecular weight is 460 g/mol. The standard InChI is InChI=1S/C19H32N4O.HI/c1-5-20-19(22-15(2)14-24-4)21-12-16(3)23-11-10-17-8-6-7-9-18(17)13-23;/h6-9,15-16H,5,10-14H2,1-4H3,(H2,20,21,22);1H. The quantitative estimate of drug-likeness (QED) is 0.373. The Morgan fingerprint density at radius 3 is 2.68 bits per heavy atom. The number of halogens is 1. The van der Waals surface area contributed by atoms with Crippen molar-refractivity contribution in [3.05, 3.63) is 35.4 Å². The van der Waals surface area contributed by atoms with Crippen molar-refractivity contribution in [3.8, 4) is 0 Å². The first kappa shape index (κ1) is 22.2. The molecule has 0 bridgehead atoms. The molecule has 0 radical (unpaired) electrons. The predicted molar refractivity (Wildman–Crippen MR) is 116 cm³/mol. The van der Waals surface area contributed by atoms with Crippen molar-refractivity contribution in [2.45, 2.75) is 45.8 Å². The van der Waals surface area contributed by atoms with Crippen LogP contribution in [0, 0.1) is 0 Å². The number of rotatable bonds is 7. The molecule has 0 spiro atoms. The van der Waals surface area contributed by atoms with Gasteiger partial charge in [-0.05, 0) is 38.3 Å². The van der Waals surface area contributed by atoms with Gasteiger partial charge >= 0.3 is 0 Å². The zero-order valence-corrected chi connectivity index (χ0v) is 18.2. The third-order valence-corrected chi connectivity index (χ3v) is 4.44. The van der Waals surface area contributed by atoms with E-state index in [9.17, 15) is 0 Å². The van der Waals surface area contributed by atoms with Gasteiger partial charge in [0.1, 0.15) is 0 Å². The highest BCUT2D eigenvalue weighted by Gasteiger charge is 2.20. The SMILES string of the molecule is CCNC(=NCC(C)N1CCc2ccccc2C1)NC(C)COC.I. The van der Waals surface area contributed by atoms with Crippen LogP contribution >= 0.6 is 24.0 Å². The molecule has 1 heterocycles. The molecule has 5 nitrogen and oxygen atoms in total. The number of hydrogen-bond donors (Lipinski definition) is 2. The van der Waals surface area contributed by atoms with E-state index < -0.39 is 0 Å². The van der Waals surface area contributed by atoms with E-state index in [-0.39, 0.29) is 30.0 Å². The van der Waals surface area contributed by atoms with Crippen LogP contribution in [0.5, 0.6) is 0 Å². The first-order chi connectivity index (χ1) is 11.6. The van der Waals surface area contributed by atoms with Gasteiger partial charge in [-0.3, -0.25) is 9.89 Å². The maximum absolute atomic E-state index is 5.18. The number of nitrogens with zero attached hydrogens (tertiary/aromatic N) is 2. The molecule has 1 aromatic carbocycles. The first-order valence-electron chi connectivity index (χ1n) is 8.98. The smallest absolute Gasteiger partial charge is 0.191 e. The van der Waals surface area contributed by atoms with E-state index in [0.717, 1.165) is 38.6 Å². The van der Waals surface area contributed by atoms with Gasteiger partial charge in [-0.25, -0.2) is 0 Å². The molecular weight excluding hydrogens is 427 g/mol. The van der Waals surface area contributed by atoms with E-state index in [1.807, 2.05) is 0 Å². The molecule has 25 heavy (non-hydrogen) atoms. The van der Waals surface area contributed by atoms with Gasteiger partial charge in [0.2, 0.25) is 0 Å². The molecule has 0 aromatic heterocycles. The highest BCUT2D eigenvalue weighted by Crippen LogP contribution is 2.20. The Kier molecular flexibility index (Phi) is 10.4. The van der Waals surface area contributed by atoms with Crippen LogP contribution in [-0.2, 0) is 17.7 Å². The summed E-state index contributed by atoms with van der Waals surface area (Å²) in [4.78, 5) is 7.29. The zero-order chi connectivity index (χ0) is 17.4. The van der Waals surface area contributed by atoms with Crippen LogP contribution in [0.1, 0.15) is 31.9 Å². The molecule has 1 aromatic rings. The molecule has 0 fully saturated rings. The predicted octanol–water partition coefficient (Wildman–Crippen LogP) is 2.64. The fourth-order valence-electron chi connectivity index (χ4n) is 3.08. The molecule has 0 amide bonds. The minimum Gasteiger partial charge on any atom is -0.383 e. The monoisotopic (exact) mass is 460 g/mol. The van der Waals surface area contributed by atoms with Gasteiger partial charge in [0, 0.05) is 38.8 Å². The van der Waals surface area contributed by atoms with Crippen molar-refractivity contribution in [2.24, 2.45) is 4.99 Å². The second-order valence-electron chi connectivity index (χ2n) is 6.56. The largest absolute Gasteiger partial charge is 0.383 e. The lowest BCUT2D eigenvalue weighted by Crippen LogP contribution is -2.45. The summed E-state index contributed by atoms with van der Waals surface area (Å²) in [5.41, 5.74) is 2.95. The number of benzene rings is 1. The summed E-state index contributed by atoms with van der Waals surface area (Å²) < 4.78 is 5.18. The fourth-order valence-corrected chi connectivity index (χ4v) is 3.08. The lowest BCUT2D eigenvalue weighted by Gasteiger charge is -2.33. The maximum Gasteiger partial charge on any atom is 0.191 e. The summed E-state index contributed by atoms with van der Waals surface area (Å²) >= 11 is 0. The molecule has 0 aliphatic carbocycles. The van der Waals surface area contributed by atoms with E-state index in [1.165, 1.54) is 11.1 Å². The van der Waals surface area contributed by atoms with Gasteiger partial charge in [0.05, 0.1) is 13.2 Å². The summed E-state index contributed by atoms with van der Waals surface area (Å²) in [6, 6.07) is 9.43. The van der Waals surface area contributed by atoms with Crippen molar-refractivity contribution >= 4 is 29.9 Å². The van der Waals surface area contributed by atoms with E-state index in [2.05, 4.69) is 60.6 Å². The Morgan fingerprint density at radius 1 is 1.28 bits per heavy atom. The normalized spacial score (nSPS) is 17.2. The molecule has 1 aliphatic rings. The molecule has 2 N–H and O–H groups in total. The Morgan fingerprint density at radius 2 is 2.00 bits per heavy atom. The second kappa shape index (κ2) is 11.7. The van der Waals surface area contributed by atoms with Gasteiger partial charge in [-0.15, -0.1) is 24.0 Å². The second-order valence-corrected chi connectivity index (χ2v) is 6.56. The lowest BCUT2D eigenvalue weighted by atomic mass is 9.99. The minimum absolute atomic E-state index is 0. The van der Waals surface area contributed by atoms with Gasteiger partial charge < -0.3 is 15.4 Å². The van der Waals surface area contributed by atoms with Crippen LogP contribution in [0.4, 0.5) is 0 Å². The number of hydrogen-bond acceptors (Lipinski definition) is 3. The molecule has 0 saturated carbocycles. The summed E-state index contributed by atoms with van der Waals surface area (Å²) in [7, 11) is 1.72. The number of ether oxygens (including phenoxy) is 1. The number of guanidine groups is 1. The van der Waals surface area contributed by atoms with Crippen LogP contribution in [0.3, 0.4) is 0 Å². The number of methoxy groups -OCH3 is 1. The van der Waals surface area contributed by atoms with Crippen molar-refractivity contribution < 1.29 is 4.74 Å². The molecule has 142 valence electrons. The fraction of sp³-hybridized carbons (Fsp3) is 0.632. The van der Waals surface area contributed by atoms with E-state index in [4.69, 9.17) is 9.73 Å². The van der Waals surface area contributed by atoms with E-state index in [0.29, 0.717) is 12.6 Å². The molecule has 0 saturated heterocycles. The van der Waals surface area contributed by atoms with Crippen molar-refractivity contribution in [3.63, 3.8) is 0 Å². The van der Waals surface area contributed by atoms with Crippen LogP contribution in [0.2, 0.25) is 0 Å². The van der Waals surface area contributed by atoms with Crippen molar-refractivity contribution in [1.82, 2.24) is 15.5 Å². The summed E-state index contributed by atoms with van der Waals surface area (Å²) in [5.74, 6) is 0.867. The zero-order valence-electron chi connectivity index (χ0n) is 15.9. The van der Waals surface area contributed by atoms with Crippen LogP contribution in [0.25, 0.3) is 0 Å². The first-order valence-corrected chi connectivity index (χ1v) is 8.98. The van der Waals surface area contributed by atoms with Crippen LogP contribution < -0.4 is 10.6 Å². The molecule has 2 rings (SSSR count). The minimum atomic E-state index is 0. The number of aliphatic imine (C=N–C) groups is 1. The Labute approximate surface area is 169 Å². The average Bonchev–Trinajstić information content (AvgIpc) is 2.59. The summed E-state index contributed by atoms with van der Waals surface area (Å²) in [6.07, 6.45) is 1.13. The van der Waals surface area contributed by atoms with Crippen LogP contribution in [0.15, 0.2) is 29.3 Å². The number of nitrogens with one attached hydrogen (secondary N) is 2. The summed E-state index contributed by atoms with van der Waals surface area (Å²) in [5, 5.41) is 6.70. The molecule has 1 aliphatic heterocycles. The third-order valence-electron chi connectivity index (χ3n) is 4.44. The molecular formula is C19H33IN4O. The Hall–Kier alpha value is -0.860. The van der Waals surface area contributed by atoms with Crippen molar-refractivity contribution in [2.75, 3.05) is 33.4 Å². The topological polar surface area (TPSA) is 48.9 Å². The van der Waals surface area contributed by atoms with Crippen molar-refractivity contribution in [1.29, 1.82) is 0 Å². The van der Waals surface area contributed by atoms with E-state index >= 15 is 0 Å². The Bertz CT molecular complexity index is 538. The highest BCUT2D eigenvalue weighted by atomic mass is 127. The Balaban J connectivity index is 0.00000312. The maximum atomic E-state index is 5.18. The molecule has 2 unspecified atom stereocenters. The van der Waals surface area contributed by atoms with Crippen LogP contribution in [-0.4, -0.2) is 56.3 Å². The lowest BCUT2D eigenvalue weighted by molar-refractivity contribution is 0.178. The number of fused-ring (bicyclic) bond motifs is 1. The van der Waals surface area contributed by atoms with Gasteiger partial charge in [0.25, 0.3) is 0 Å².